The lowest BCUT2D eigenvalue weighted by atomic mass is 9.71. The van der Waals surface area contributed by atoms with Gasteiger partial charge in [0.15, 0.2) is 0 Å². The summed E-state index contributed by atoms with van der Waals surface area (Å²) >= 11 is 0. The average Bonchev–Trinajstić information content (AvgIpc) is 3.56. The first kappa shape index (κ1) is 35.2. The van der Waals surface area contributed by atoms with Crippen molar-refractivity contribution in [1.29, 1.82) is 0 Å². The second kappa shape index (κ2) is 13.8. The van der Waals surface area contributed by atoms with Gasteiger partial charge in [0.25, 0.3) is 0 Å². The second-order valence-electron chi connectivity index (χ2n) is 16.7. The third-order valence-electron chi connectivity index (χ3n) is 13.4. The van der Waals surface area contributed by atoms with Crippen molar-refractivity contribution in [2.75, 3.05) is 0 Å². The van der Waals surface area contributed by atoms with Crippen LogP contribution in [-0.4, -0.2) is 0 Å². The van der Waals surface area contributed by atoms with Crippen LogP contribution in [0.2, 0.25) is 0 Å². The molecule has 0 amide bonds. The van der Waals surface area contributed by atoms with Gasteiger partial charge in [-0.3, -0.25) is 0 Å². The van der Waals surface area contributed by atoms with E-state index in [9.17, 15) is 0 Å². The Morgan fingerprint density at radius 2 is 0.712 bits per heavy atom. The van der Waals surface area contributed by atoms with E-state index in [1.807, 2.05) is 0 Å². The smallest absolute Gasteiger partial charge is 0.0210 e. The average molecular weight is 753 g/mol. The van der Waals surface area contributed by atoms with Gasteiger partial charge < -0.3 is 0 Å². The van der Waals surface area contributed by atoms with Gasteiger partial charge in [-0.1, -0.05) is 203 Å². The summed E-state index contributed by atoms with van der Waals surface area (Å²) < 4.78 is 0. The highest BCUT2D eigenvalue weighted by Crippen LogP contribution is 2.54. The Bertz CT molecular complexity index is 3130. The van der Waals surface area contributed by atoms with Crippen LogP contribution in [0.1, 0.15) is 31.9 Å². The highest BCUT2D eigenvalue weighted by Gasteiger charge is 2.41. The lowest BCUT2D eigenvalue weighted by Gasteiger charge is -2.32. The van der Waals surface area contributed by atoms with Crippen LogP contribution in [0.25, 0.3) is 99.1 Å². The molecule has 0 heterocycles. The van der Waals surface area contributed by atoms with E-state index < -0.39 is 0 Å². The largest absolute Gasteiger partial charge is 0.0622 e. The van der Waals surface area contributed by atoms with Crippen LogP contribution in [0.15, 0.2) is 206 Å². The highest BCUT2D eigenvalue weighted by molar-refractivity contribution is 6.24. The molecule has 0 N–H and O–H groups in total. The minimum Gasteiger partial charge on any atom is -0.0622 e. The van der Waals surface area contributed by atoms with E-state index in [1.165, 1.54) is 110 Å². The van der Waals surface area contributed by atoms with E-state index >= 15 is 0 Å². The molecule has 59 heavy (non-hydrogen) atoms. The molecule has 0 nitrogen and oxygen atoms in total. The molecule has 0 aliphatic heterocycles. The van der Waals surface area contributed by atoms with Crippen LogP contribution in [0.4, 0.5) is 0 Å². The summed E-state index contributed by atoms with van der Waals surface area (Å²) in [6, 6.07) is 76.8. The van der Waals surface area contributed by atoms with Gasteiger partial charge in [0.1, 0.15) is 0 Å². The number of benzene rings is 10. The Labute approximate surface area is 347 Å². The second-order valence-corrected chi connectivity index (χ2v) is 16.7. The van der Waals surface area contributed by atoms with E-state index in [4.69, 9.17) is 0 Å². The van der Waals surface area contributed by atoms with Gasteiger partial charge in [-0.25, -0.2) is 0 Å². The van der Waals surface area contributed by atoms with Crippen LogP contribution >= 0.6 is 0 Å². The Morgan fingerprint density at radius 1 is 0.288 bits per heavy atom. The van der Waals surface area contributed by atoms with Crippen LogP contribution in [-0.2, 0) is 5.41 Å². The maximum Gasteiger partial charge on any atom is 0.0210 e. The van der Waals surface area contributed by atoms with Crippen LogP contribution < -0.4 is 0 Å². The first-order valence-corrected chi connectivity index (χ1v) is 21.0. The Morgan fingerprint density at radius 3 is 1.29 bits per heavy atom. The summed E-state index contributed by atoms with van der Waals surface area (Å²) in [5, 5.41) is 7.59. The molecule has 0 saturated carbocycles. The summed E-state index contributed by atoms with van der Waals surface area (Å²) in [5.74, 6) is 0.443. The molecule has 1 aliphatic rings. The van der Waals surface area contributed by atoms with Crippen molar-refractivity contribution in [3.63, 3.8) is 0 Å². The van der Waals surface area contributed by atoms with Crippen molar-refractivity contribution in [1.82, 2.24) is 0 Å². The quantitative estimate of drug-likeness (QED) is 0.148. The normalized spacial score (nSPS) is 14.6. The van der Waals surface area contributed by atoms with Gasteiger partial charge in [0.05, 0.1) is 0 Å². The molecule has 11 rings (SSSR count). The molecule has 0 radical (unpaired) electrons. The first-order chi connectivity index (χ1) is 29.0. The zero-order valence-electron chi connectivity index (χ0n) is 33.7. The summed E-state index contributed by atoms with van der Waals surface area (Å²) in [4.78, 5) is 0. The Hall–Kier alpha value is -7.02. The molecule has 1 atom stereocenters. The van der Waals surface area contributed by atoms with Crippen LogP contribution in [0.5, 0.6) is 0 Å². The summed E-state index contributed by atoms with van der Waals surface area (Å²) in [6.45, 7) is 7.19. The molecule has 0 aromatic heterocycles. The van der Waals surface area contributed by atoms with Gasteiger partial charge >= 0.3 is 0 Å². The fourth-order valence-corrected chi connectivity index (χ4v) is 10.2. The van der Waals surface area contributed by atoms with Crippen LogP contribution in [0.3, 0.4) is 0 Å². The topological polar surface area (TPSA) is 0 Å². The van der Waals surface area contributed by atoms with Crippen molar-refractivity contribution in [3.05, 3.63) is 217 Å². The number of hydrogen-bond donors (Lipinski definition) is 0. The van der Waals surface area contributed by atoms with Crippen molar-refractivity contribution in [2.45, 2.75) is 26.2 Å². The predicted octanol–water partition coefficient (Wildman–Crippen LogP) is 16.4. The zero-order valence-corrected chi connectivity index (χ0v) is 33.7. The van der Waals surface area contributed by atoms with E-state index in [0.29, 0.717) is 5.92 Å². The van der Waals surface area contributed by atoms with E-state index in [2.05, 4.69) is 227 Å². The molecule has 10 aromatic rings. The SMILES string of the molecule is CC(C)C1(C)c2ccccc2-c2ccc(-c3c4ccccc4c(-c4ccc(-c5cc(-c6ccccc6)cc(-c6ccccc6)c5)c5ccccc45)c4ccccc34)cc21. The van der Waals surface area contributed by atoms with Gasteiger partial charge in [0.2, 0.25) is 0 Å². The van der Waals surface area contributed by atoms with Crippen molar-refractivity contribution < 1.29 is 0 Å². The lowest BCUT2D eigenvalue weighted by Crippen LogP contribution is -2.27. The van der Waals surface area contributed by atoms with E-state index in [-0.39, 0.29) is 5.41 Å². The van der Waals surface area contributed by atoms with Crippen LogP contribution in [0, 0.1) is 5.92 Å². The first-order valence-electron chi connectivity index (χ1n) is 21.0. The number of hydrogen-bond acceptors (Lipinski definition) is 0. The standard InChI is InChI=1S/C59H44/c1-38(2)59(3)55-29-17-16-24-48(55)49-31-30-41(37-56(49)59)57-50-25-12-14-27-52(50)58(53-28-15-13-26-51(53)57)54-33-32-45(46-22-10-11-23-47(46)54)44-35-42(39-18-6-4-7-19-39)34-43(36-44)40-20-8-5-9-21-40/h4-38H,1-3H3. The van der Waals surface area contributed by atoms with E-state index in [0.717, 1.165) is 0 Å². The molecule has 0 heteroatoms. The molecule has 280 valence electrons. The molecular weight excluding hydrogens is 709 g/mol. The third kappa shape index (κ3) is 5.51. The molecule has 0 spiro atoms. The lowest BCUT2D eigenvalue weighted by molar-refractivity contribution is 0.414. The molecule has 10 aromatic carbocycles. The number of fused-ring (bicyclic) bond motifs is 6. The molecule has 0 fully saturated rings. The fraction of sp³-hybridized carbons (Fsp3) is 0.0847. The zero-order chi connectivity index (χ0) is 39.7. The summed E-state index contributed by atoms with van der Waals surface area (Å²) in [5.41, 5.74) is 17.9. The fourth-order valence-electron chi connectivity index (χ4n) is 10.2. The summed E-state index contributed by atoms with van der Waals surface area (Å²) in [6.07, 6.45) is 0. The van der Waals surface area contributed by atoms with E-state index in [1.54, 1.807) is 0 Å². The molecule has 1 unspecified atom stereocenters. The third-order valence-corrected chi connectivity index (χ3v) is 13.4. The van der Waals surface area contributed by atoms with Gasteiger partial charge in [-0.05, 0) is 140 Å². The van der Waals surface area contributed by atoms with Gasteiger partial charge in [-0.15, -0.1) is 0 Å². The highest BCUT2D eigenvalue weighted by atomic mass is 14.4. The van der Waals surface area contributed by atoms with Gasteiger partial charge in [-0.2, -0.15) is 0 Å². The predicted molar refractivity (Wildman–Crippen MR) is 253 cm³/mol. The molecule has 0 bridgehead atoms. The molecule has 0 saturated heterocycles. The van der Waals surface area contributed by atoms with Crippen molar-refractivity contribution in [3.8, 4) is 66.8 Å². The Balaban J connectivity index is 1.14. The Kier molecular flexibility index (Phi) is 8.24. The summed E-state index contributed by atoms with van der Waals surface area (Å²) in [7, 11) is 0. The van der Waals surface area contributed by atoms with Crippen molar-refractivity contribution in [2.24, 2.45) is 5.92 Å². The van der Waals surface area contributed by atoms with Crippen molar-refractivity contribution >= 4 is 32.3 Å². The number of rotatable bonds is 6. The molecule has 1 aliphatic carbocycles. The van der Waals surface area contributed by atoms with Gasteiger partial charge in [0, 0.05) is 5.41 Å². The molecular formula is C59H44. The minimum atomic E-state index is -0.0728. The maximum absolute atomic E-state index is 2.51. The monoisotopic (exact) mass is 752 g/mol. The minimum absolute atomic E-state index is 0.0728. The maximum atomic E-state index is 2.51.